The number of carbonyl (C=O) groups is 2. The summed E-state index contributed by atoms with van der Waals surface area (Å²) in [4.78, 5) is 26.5. The van der Waals surface area contributed by atoms with Gasteiger partial charge in [0.2, 0.25) is 0 Å². The minimum absolute atomic E-state index is 0.0471. The van der Waals surface area contributed by atoms with E-state index in [0.29, 0.717) is 11.3 Å². The molecule has 6 nitrogen and oxygen atoms in total. The molecule has 0 unspecified atom stereocenters. The number of morpholine rings is 1. The van der Waals surface area contributed by atoms with Gasteiger partial charge in [0, 0.05) is 24.3 Å². The van der Waals surface area contributed by atoms with Crippen molar-refractivity contribution in [3.05, 3.63) is 59.7 Å². The molecule has 1 aliphatic heterocycles. The molecule has 0 saturated carbocycles. The van der Waals surface area contributed by atoms with Crippen LogP contribution in [0.5, 0.6) is 5.75 Å². The Labute approximate surface area is 171 Å². The fourth-order valence-electron chi connectivity index (χ4n) is 3.20. The summed E-state index contributed by atoms with van der Waals surface area (Å²) in [5.41, 5.74) is 2.90. The average Bonchev–Trinajstić information content (AvgIpc) is 2.78. The lowest BCUT2D eigenvalue weighted by Gasteiger charge is -2.28. The largest absolute Gasteiger partial charge is 0.484 e. The molecule has 29 heavy (non-hydrogen) atoms. The summed E-state index contributed by atoms with van der Waals surface area (Å²) in [5, 5.41) is 2.62. The average molecular weight is 396 g/mol. The summed E-state index contributed by atoms with van der Waals surface area (Å²) in [7, 11) is 0. The Kier molecular flexibility index (Phi) is 7.64. The van der Waals surface area contributed by atoms with Gasteiger partial charge in [0.05, 0.1) is 19.8 Å². The van der Waals surface area contributed by atoms with Gasteiger partial charge >= 0.3 is 0 Å². The molecule has 1 heterocycles. The van der Waals surface area contributed by atoms with Crippen LogP contribution in [-0.2, 0) is 16.0 Å². The predicted molar refractivity (Wildman–Crippen MR) is 113 cm³/mol. The minimum atomic E-state index is -0.319. The number of amides is 1. The molecule has 154 valence electrons. The highest BCUT2D eigenvalue weighted by molar-refractivity contribution is 5.99. The summed E-state index contributed by atoms with van der Waals surface area (Å²) in [6.07, 6.45) is 2.11. The molecule has 0 bridgehead atoms. The van der Waals surface area contributed by atoms with Crippen LogP contribution in [0.2, 0.25) is 0 Å². The number of anilines is 1. The van der Waals surface area contributed by atoms with Gasteiger partial charge in [0.1, 0.15) is 5.75 Å². The summed E-state index contributed by atoms with van der Waals surface area (Å²) in [6, 6.07) is 15.2. The van der Waals surface area contributed by atoms with Gasteiger partial charge in [-0.25, -0.2) is 0 Å². The minimum Gasteiger partial charge on any atom is -0.484 e. The molecule has 1 aliphatic rings. The molecule has 0 aromatic heterocycles. The second-order valence-electron chi connectivity index (χ2n) is 7.03. The zero-order valence-electron chi connectivity index (χ0n) is 16.9. The van der Waals surface area contributed by atoms with Crippen molar-refractivity contribution in [3.63, 3.8) is 0 Å². The standard InChI is InChI=1S/C23H28N2O4/c1-2-3-18-4-10-21(11-5-18)29-17-23(27)24-16-22(26)19-6-8-20(9-7-19)25-12-14-28-15-13-25/h4-11H,2-3,12-17H2,1H3,(H,24,27). The Morgan fingerprint density at radius 2 is 1.72 bits per heavy atom. The number of ether oxygens (including phenoxy) is 2. The first-order valence-electron chi connectivity index (χ1n) is 10.1. The second-order valence-corrected chi connectivity index (χ2v) is 7.03. The van der Waals surface area contributed by atoms with Gasteiger partial charge in [-0.2, -0.15) is 0 Å². The molecule has 0 radical (unpaired) electrons. The summed E-state index contributed by atoms with van der Waals surface area (Å²) in [6.45, 7) is 5.12. The topological polar surface area (TPSA) is 67.9 Å². The lowest BCUT2D eigenvalue weighted by molar-refractivity contribution is -0.122. The summed E-state index contributed by atoms with van der Waals surface area (Å²) in [5.74, 6) is 0.196. The van der Waals surface area contributed by atoms with E-state index in [1.54, 1.807) is 12.1 Å². The van der Waals surface area contributed by atoms with Crippen molar-refractivity contribution in [3.8, 4) is 5.75 Å². The normalized spacial score (nSPS) is 13.8. The fraction of sp³-hybridized carbons (Fsp3) is 0.391. The van der Waals surface area contributed by atoms with E-state index in [1.807, 2.05) is 36.4 Å². The highest BCUT2D eigenvalue weighted by atomic mass is 16.5. The van der Waals surface area contributed by atoms with Crippen molar-refractivity contribution in [1.29, 1.82) is 0 Å². The van der Waals surface area contributed by atoms with Crippen LogP contribution >= 0.6 is 0 Å². The van der Waals surface area contributed by atoms with Crippen molar-refractivity contribution in [2.24, 2.45) is 0 Å². The maximum Gasteiger partial charge on any atom is 0.258 e. The first-order chi connectivity index (χ1) is 14.2. The maximum absolute atomic E-state index is 12.3. The Hall–Kier alpha value is -2.86. The number of benzene rings is 2. The van der Waals surface area contributed by atoms with Crippen molar-refractivity contribution in [1.82, 2.24) is 5.32 Å². The van der Waals surface area contributed by atoms with Crippen molar-refractivity contribution >= 4 is 17.4 Å². The van der Waals surface area contributed by atoms with Crippen LogP contribution in [0.25, 0.3) is 0 Å². The van der Waals surface area contributed by atoms with Crippen LogP contribution in [0, 0.1) is 0 Å². The smallest absolute Gasteiger partial charge is 0.258 e. The Morgan fingerprint density at radius 1 is 1.03 bits per heavy atom. The van der Waals surface area contributed by atoms with Crippen LogP contribution in [-0.4, -0.2) is 51.1 Å². The number of nitrogens with zero attached hydrogens (tertiary/aromatic N) is 1. The Balaban J connectivity index is 1.41. The SMILES string of the molecule is CCCc1ccc(OCC(=O)NCC(=O)c2ccc(N3CCOCC3)cc2)cc1. The summed E-state index contributed by atoms with van der Waals surface area (Å²) >= 11 is 0. The zero-order chi connectivity index (χ0) is 20.5. The van der Waals surface area contributed by atoms with Crippen molar-refractivity contribution < 1.29 is 19.1 Å². The monoisotopic (exact) mass is 396 g/mol. The van der Waals surface area contributed by atoms with Gasteiger partial charge in [0.15, 0.2) is 12.4 Å². The van der Waals surface area contributed by atoms with Gasteiger partial charge in [0.25, 0.3) is 5.91 Å². The van der Waals surface area contributed by atoms with Crippen LogP contribution in [0.15, 0.2) is 48.5 Å². The predicted octanol–water partition coefficient (Wildman–Crippen LogP) is 2.85. The third kappa shape index (κ3) is 6.32. The highest BCUT2D eigenvalue weighted by Gasteiger charge is 2.13. The van der Waals surface area contributed by atoms with Crippen LogP contribution in [0.1, 0.15) is 29.3 Å². The number of hydrogen-bond donors (Lipinski definition) is 1. The molecule has 2 aromatic rings. The van der Waals surface area contributed by atoms with E-state index in [-0.39, 0.29) is 24.8 Å². The van der Waals surface area contributed by atoms with E-state index >= 15 is 0 Å². The third-order valence-electron chi connectivity index (χ3n) is 4.84. The van der Waals surface area contributed by atoms with E-state index in [1.165, 1.54) is 5.56 Å². The first-order valence-corrected chi connectivity index (χ1v) is 10.1. The van der Waals surface area contributed by atoms with Gasteiger partial charge in [-0.15, -0.1) is 0 Å². The number of aryl methyl sites for hydroxylation is 1. The molecule has 6 heteroatoms. The van der Waals surface area contributed by atoms with E-state index in [0.717, 1.165) is 44.8 Å². The first kappa shape index (κ1) is 20.9. The van der Waals surface area contributed by atoms with Gasteiger partial charge in [-0.3, -0.25) is 9.59 Å². The molecule has 0 atom stereocenters. The van der Waals surface area contributed by atoms with Crippen molar-refractivity contribution in [2.45, 2.75) is 19.8 Å². The van der Waals surface area contributed by atoms with Crippen LogP contribution in [0.4, 0.5) is 5.69 Å². The van der Waals surface area contributed by atoms with Crippen LogP contribution in [0.3, 0.4) is 0 Å². The quantitative estimate of drug-likeness (QED) is 0.660. The number of carbonyl (C=O) groups excluding carboxylic acids is 2. The van der Waals surface area contributed by atoms with Gasteiger partial charge in [-0.1, -0.05) is 25.5 Å². The molecule has 1 fully saturated rings. The number of ketones is 1. The molecule has 1 saturated heterocycles. The fourth-order valence-corrected chi connectivity index (χ4v) is 3.20. The number of nitrogens with one attached hydrogen (secondary N) is 1. The number of rotatable bonds is 9. The van der Waals surface area contributed by atoms with Crippen molar-refractivity contribution in [2.75, 3.05) is 44.4 Å². The molecule has 3 rings (SSSR count). The van der Waals surface area contributed by atoms with E-state index < -0.39 is 0 Å². The number of Topliss-reactive ketones (excluding diaryl/α,β-unsaturated/α-hetero) is 1. The molecule has 0 aliphatic carbocycles. The Morgan fingerprint density at radius 3 is 2.38 bits per heavy atom. The molecule has 0 spiro atoms. The van der Waals surface area contributed by atoms with E-state index in [9.17, 15) is 9.59 Å². The van der Waals surface area contributed by atoms with E-state index in [4.69, 9.17) is 9.47 Å². The lowest BCUT2D eigenvalue weighted by Crippen LogP contribution is -2.36. The molecule has 2 aromatic carbocycles. The summed E-state index contributed by atoms with van der Waals surface area (Å²) < 4.78 is 10.8. The third-order valence-corrected chi connectivity index (χ3v) is 4.84. The number of hydrogen-bond acceptors (Lipinski definition) is 5. The molecule has 1 N–H and O–H groups in total. The van der Waals surface area contributed by atoms with Gasteiger partial charge < -0.3 is 19.7 Å². The Bertz CT molecular complexity index is 797. The molecule has 1 amide bonds. The molecular weight excluding hydrogens is 368 g/mol. The lowest BCUT2D eigenvalue weighted by atomic mass is 10.1. The highest BCUT2D eigenvalue weighted by Crippen LogP contribution is 2.17. The zero-order valence-corrected chi connectivity index (χ0v) is 16.9. The van der Waals surface area contributed by atoms with Crippen LogP contribution < -0.4 is 15.0 Å². The second kappa shape index (κ2) is 10.6. The van der Waals surface area contributed by atoms with E-state index in [2.05, 4.69) is 17.1 Å². The molecular formula is C23H28N2O4. The maximum atomic E-state index is 12.3. The van der Waals surface area contributed by atoms with Gasteiger partial charge in [-0.05, 0) is 48.4 Å².